The monoisotopic (exact) mass is 603 g/mol. The van der Waals surface area contributed by atoms with Gasteiger partial charge in [-0.15, -0.1) is 5.06 Å². The van der Waals surface area contributed by atoms with Gasteiger partial charge in [-0.3, -0.25) is 9.59 Å². The minimum Gasteiger partial charge on any atom is -0.481 e. The van der Waals surface area contributed by atoms with Crippen LogP contribution < -0.4 is 16.2 Å². The second-order valence-corrected chi connectivity index (χ2v) is 12.4. The molecule has 1 aromatic rings. The summed E-state index contributed by atoms with van der Waals surface area (Å²) in [6.45, 7) is 14.2. The third-order valence-electron chi connectivity index (χ3n) is 9.66. The molecule has 244 valence electrons. The minimum atomic E-state index is -0.995. The number of carbonyl (C=O) groups excluding carboxylic acids is 3. The second-order valence-electron chi connectivity index (χ2n) is 12.4. The number of nitrogens with two attached hydrogens (primary N) is 2. The fraction of sp³-hybridized carbons (Fsp3) is 0.735. The molecule has 0 spiro atoms. The first-order chi connectivity index (χ1) is 20.4. The number of hydrogen-bond donors (Lipinski definition) is 3. The normalized spacial score (nSPS) is 27.1. The number of carbonyl (C=O) groups is 3. The molecule has 1 saturated heterocycles. The highest BCUT2D eigenvalue weighted by atomic mass is 16.7. The molecule has 43 heavy (non-hydrogen) atoms. The van der Waals surface area contributed by atoms with Crippen LogP contribution in [0.4, 0.5) is 0 Å². The lowest BCUT2D eigenvalue weighted by Gasteiger charge is -2.59. The predicted molar refractivity (Wildman–Crippen MR) is 169 cm³/mol. The Morgan fingerprint density at radius 1 is 1.07 bits per heavy atom. The van der Waals surface area contributed by atoms with E-state index in [1.807, 2.05) is 19.9 Å². The molecule has 2 aliphatic rings. The van der Waals surface area contributed by atoms with Crippen LogP contribution in [-0.4, -0.2) is 46.7 Å². The Hall–Kier alpha value is -2.49. The van der Waals surface area contributed by atoms with Gasteiger partial charge in [-0.2, -0.15) is 0 Å². The van der Waals surface area contributed by atoms with Crippen LogP contribution in [0.3, 0.4) is 0 Å². The Morgan fingerprint density at radius 3 is 2.26 bits per heavy atom. The van der Waals surface area contributed by atoms with Gasteiger partial charge in [0.15, 0.2) is 6.61 Å². The molecule has 1 aromatic carbocycles. The van der Waals surface area contributed by atoms with Gasteiger partial charge in [0.05, 0.1) is 5.54 Å². The smallest absolute Gasteiger partial charge is 0.370 e. The maximum absolute atomic E-state index is 12.8. The number of aryl methyl sites for hydroxylation is 2. The van der Waals surface area contributed by atoms with E-state index in [-0.39, 0.29) is 24.9 Å². The van der Waals surface area contributed by atoms with Crippen LogP contribution in [0.1, 0.15) is 129 Å². The lowest BCUT2D eigenvalue weighted by Crippen LogP contribution is -2.69. The summed E-state index contributed by atoms with van der Waals surface area (Å²) in [4.78, 5) is 41.8. The highest BCUT2D eigenvalue weighted by Crippen LogP contribution is 2.57. The van der Waals surface area contributed by atoms with Crippen molar-refractivity contribution in [1.82, 2.24) is 5.06 Å². The number of imide groups is 1. The van der Waals surface area contributed by atoms with Crippen molar-refractivity contribution in [3.63, 3.8) is 0 Å². The molecule has 1 aliphatic heterocycles. The maximum Gasteiger partial charge on any atom is 0.370 e. The van der Waals surface area contributed by atoms with E-state index < -0.39 is 35.5 Å². The molecule has 2 amide bonds. The SMILES string of the molecule is CC.CCCCCc1cc(CC)c([C@]2(N)CC(C)(CCO)C(CC)C[C@@]2(N)CC)c(OCC(=O)ON2C(=O)CCC2=O)c1. The average Bonchev–Trinajstić information content (AvgIpc) is 3.30. The molecule has 9 nitrogen and oxygen atoms in total. The van der Waals surface area contributed by atoms with Crippen LogP contribution in [0.15, 0.2) is 12.1 Å². The van der Waals surface area contributed by atoms with Gasteiger partial charge in [0.1, 0.15) is 5.75 Å². The Bertz CT molecular complexity index is 1090. The summed E-state index contributed by atoms with van der Waals surface area (Å²) in [6.07, 6.45) is 8.28. The van der Waals surface area contributed by atoms with Crippen LogP contribution in [0.25, 0.3) is 0 Å². The number of amides is 2. The Balaban J connectivity index is 0.00000316. The van der Waals surface area contributed by atoms with Gasteiger partial charge in [-0.05, 0) is 73.5 Å². The van der Waals surface area contributed by atoms with Gasteiger partial charge in [0, 0.05) is 30.6 Å². The largest absolute Gasteiger partial charge is 0.481 e. The lowest BCUT2D eigenvalue weighted by atomic mass is 9.50. The third kappa shape index (κ3) is 7.97. The van der Waals surface area contributed by atoms with Crippen molar-refractivity contribution in [3.8, 4) is 5.75 Å². The van der Waals surface area contributed by atoms with Crippen molar-refractivity contribution in [2.45, 2.75) is 137 Å². The van der Waals surface area contributed by atoms with Crippen LogP contribution in [0.2, 0.25) is 0 Å². The average molecular weight is 604 g/mol. The molecule has 1 aliphatic carbocycles. The highest BCUT2D eigenvalue weighted by Gasteiger charge is 2.58. The standard InChI is InChI=1S/C32H51N3O6.C2H6/c1-6-10-11-12-22-17-23(7-2)29(25(18-22)40-20-28(39)41-35-26(37)13-14-27(35)38)32(34)21-30(5,15-16-36)24(8-3)19-31(32,33)9-4;1-2/h17-18,24,36H,6-16,19-21,33-34H2,1-5H3;1-2H3/t24?,30?,31-,32+;/m0./s1. The van der Waals surface area contributed by atoms with E-state index in [2.05, 4.69) is 40.7 Å². The molecule has 0 aromatic heterocycles. The number of unbranched alkanes of at least 4 members (excludes halogenated alkanes) is 2. The second kappa shape index (κ2) is 16.0. The quantitative estimate of drug-likeness (QED) is 0.188. The first-order valence-electron chi connectivity index (χ1n) is 16.5. The minimum absolute atomic E-state index is 0.0213. The van der Waals surface area contributed by atoms with Crippen molar-refractivity contribution in [2.75, 3.05) is 13.2 Å². The Labute approximate surface area is 259 Å². The Morgan fingerprint density at radius 2 is 1.72 bits per heavy atom. The van der Waals surface area contributed by atoms with E-state index in [4.69, 9.17) is 21.0 Å². The van der Waals surface area contributed by atoms with E-state index in [0.29, 0.717) is 48.8 Å². The summed E-state index contributed by atoms with van der Waals surface area (Å²) in [5.41, 5.74) is 15.7. The number of ether oxygens (including phenoxy) is 1. The van der Waals surface area contributed by atoms with Gasteiger partial charge in [-0.25, -0.2) is 4.79 Å². The first kappa shape index (κ1) is 36.7. The number of rotatable bonds is 14. The van der Waals surface area contributed by atoms with Gasteiger partial charge >= 0.3 is 5.97 Å². The summed E-state index contributed by atoms with van der Waals surface area (Å²) >= 11 is 0. The summed E-state index contributed by atoms with van der Waals surface area (Å²) in [5.74, 6) is -1.14. The van der Waals surface area contributed by atoms with Crippen molar-refractivity contribution < 1.29 is 29.1 Å². The number of aliphatic hydroxyl groups is 1. The fourth-order valence-corrected chi connectivity index (χ4v) is 7.09. The Kier molecular flexibility index (Phi) is 13.7. The summed E-state index contributed by atoms with van der Waals surface area (Å²) in [7, 11) is 0. The van der Waals surface area contributed by atoms with Crippen molar-refractivity contribution >= 4 is 17.8 Å². The molecule has 5 N–H and O–H groups in total. The number of nitrogens with zero attached hydrogens (tertiary/aromatic N) is 1. The number of hydroxylamine groups is 2. The topological polar surface area (TPSA) is 145 Å². The number of aliphatic hydroxyl groups excluding tert-OH is 1. The molecule has 3 rings (SSSR count). The zero-order valence-electron chi connectivity index (χ0n) is 27.7. The molecule has 2 unspecified atom stereocenters. The van der Waals surface area contributed by atoms with Gasteiger partial charge in [0.2, 0.25) is 0 Å². The molecule has 0 radical (unpaired) electrons. The molecular formula is C34H57N3O6. The number of benzene rings is 1. The summed E-state index contributed by atoms with van der Waals surface area (Å²) < 4.78 is 6.20. The van der Waals surface area contributed by atoms with Crippen molar-refractivity contribution in [2.24, 2.45) is 22.8 Å². The zero-order chi connectivity index (χ0) is 32.4. The molecule has 9 heteroatoms. The molecule has 1 heterocycles. The van der Waals surface area contributed by atoms with Gasteiger partial charge in [-0.1, -0.05) is 73.8 Å². The van der Waals surface area contributed by atoms with E-state index in [9.17, 15) is 19.5 Å². The third-order valence-corrected chi connectivity index (χ3v) is 9.66. The van der Waals surface area contributed by atoms with Crippen LogP contribution in [0, 0.1) is 11.3 Å². The highest BCUT2D eigenvalue weighted by molar-refractivity contribution is 6.01. The molecule has 1 saturated carbocycles. The van der Waals surface area contributed by atoms with E-state index in [1.165, 1.54) is 0 Å². The van der Waals surface area contributed by atoms with Crippen molar-refractivity contribution in [1.29, 1.82) is 0 Å². The summed E-state index contributed by atoms with van der Waals surface area (Å²) in [5, 5.41) is 10.6. The fourth-order valence-electron chi connectivity index (χ4n) is 7.09. The molecule has 2 fully saturated rings. The van der Waals surface area contributed by atoms with Crippen LogP contribution in [0.5, 0.6) is 5.75 Å². The van der Waals surface area contributed by atoms with E-state index in [1.54, 1.807) is 0 Å². The van der Waals surface area contributed by atoms with Gasteiger partial charge in [0.25, 0.3) is 11.8 Å². The van der Waals surface area contributed by atoms with E-state index >= 15 is 0 Å². The van der Waals surface area contributed by atoms with Crippen LogP contribution in [-0.2, 0) is 37.6 Å². The maximum atomic E-state index is 12.8. The zero-order valence-corrected chi connectivity index (χ0v) is 27.7. The summed E-state index contributed by atoms with van der Waals surface area (Å²) in [6, 6.07) is 4.15. The molecule has 4 atom stereocenters. The van der Waals surface area contributed by atoms with E-state index in [0.717, 1.165) is 48.8 Å². The number of hydrogen-bond acceptors (Lipinski definition) is 8. The molecular weight excluding hydrogens is 546 g/mol. The van der Waals surface area contributed by atoms with Gasteiger partial charge < -0.3 is 26.1 Å². The molecule has 0 bridgehead atoms. The van der Waals surface area contributed by atoms with Crippen LogP contribution >= 0.6 is 0 Å². The first-order valence-corrected chi connectivity index (χ1v) is 16.5. The lowest BCUT2D eigenvalue weighted by molar-refractivity contribution is -0.198. The predicted octanol–water partition coefficient (Wildman–Crippen LogP) is 5.46. The van der Waals surface area contributed by atoms with Crippen molar-refractivity contribution in [3.05, 3.63) is 28.8 Å².